The molecule has 0 spiro atoms. The Balaban J connectivity index is 1.79. The Bertz CT molecular complexity index is 331. The number of hydrogen-bond donors (Lipinski definition) is 0. The lowest BCUT2D eigenvalue weighted by Gasteiger charge is -2.17. The molecule has 110 valence electrons. The second-order valence-electron chi connectivity index (χ2n) is 4.35. The minimum atomic E-state index is 0.130. The summed E-state index contributed by atoms with van der Waals surface area (Å²) in [5.41, 5.74) is 0. The second kappa shape index (κ2) is 6.84. The van der Waals surface area contributed by atoms with Crippen molar-refractivity contribution in [2.24, 2.45) is 0 Å². The first-order valence-corrected chi connectivity index (χ1v) is 8.19. The van der Waals surface area contributed by atoms with Crippen molar-refractivity contribution in [3.63, 3.8) is 0 Å². The van der Waals surface area contributed by atoms with Crippen LogP contribution in [0.5, 0.6) is 0 Å². The van der Waals surface area contributed by atoms with Crippen molar-refractivity contribution in [1.82, 2.24) is 20.0 Å². The molecule has 20 heavy (non-hydrogen) atoms. The molecule has 2 fully saturated rings. The summed E-state index contributed by atoms with van der Waals surface area (Å²) in [5, 5.41) is 5.63. The third kappa shape index (κ3) is 3.18. The average Bonchev–Trinajstić information content (AvgIpc) is 3.07. The maximum Gasteiger partial charge on any atom is 0.228 e. The summed E-state index contributed by atoms with van der Waals surface area (Å²) >= 11 is 0. The number of nitrogens with zero attached hydrogens (tertiary/aromatic N) is 4. The molecule has 0 aromatic carbocycles. The number of hydrogen-bond acceptors (Lipinski definition) is 6. The minimum absolute atomic E-state index is 0.130. The molecular formula is C10H14N4O4S2. The van der Waals surface area contributed by atoms with E-state index in [0.717, 1.165) is 0 Å². The normalized spacial score (nSPS) is 20.6. The van der Waals surface area contributed by atoms with Crippen LogP contribution in [0.25, 0.3) is 0 Å². The highest BCUT2D eigenvalue weighted by Gasteiger charge is 2.33. The molecule has 2 rings (SSSR count). The van der Waals surface area contributed by atoms with Crippen LogP contribution >= 0.6 is 21.6 Å². The van der Waals surface area contributed by atoms with Gasteiger partial charge in [-0.3, -0.25) is 39.2 Å². The van der Waals surface area contributed by atoms with Crippen LogP contribution in [0.15, 0.2) is 0 Å². The van der Waals surface area contributed by atoms with Crippen LogP contribution in [0, 0.1) is 0 Å². The van der Waals surface area contributed by atoms with E-state index in [1.807, 2.05) is 0 Å². The van der Waals surface area contributed by atoms with Crippen LogP contribution in [0.1, 0.15) is 0 Å². The van der Waals surface area contributed by atoms with Crippen molar-refractivity contribution in [3.8, 4) is 0 Å². The molecule has 8 nitrogen and oxygen atoms in total. The highest BCUT2D eigenvalue weighted by atomic mass is 33.1. The standard InChI is InChI=1S/C10H14N4O4S2/c15-5-11-1-9(2-12(11)6-16)19-20-10-3-13(7-17)14(4-10)8-18/h5-10H,1-4H2. The van der Waals surface area contributed by atoms with Crippen LogP contribution < -0.4 is 0 Å². The van der Waals surface area contributed by atoms with Crippen LogP contribution in [0.4, 0.5) is 0 Å². The first kappa shape index (κ1) is 15.0. The average molecular weight is 318 g/mol. The molecule has 2 saturated heterocycles. The molecule has 10 heteroatoms. The van der Waals surface area contributed by atoms with Crippen LogP contribution in [-0.2, 0) is 19.2 Å². The Morgan fingerprint density at radius 3 is 1.05 bits per heavy atom. The molecule has 0 radical (unpaired) electrons. The first-order chi connectivity index (χ1) is 9.71. The van der Waals surface area contributed by atoms with Gasteiger partial charge in [-0.25, -0.2) is 0 Å². The molecule has 2 heterocycles. The molecular weight excluding hydrogens is 304 g/mol. The van der Waals surface area contributed by atoms with E-state index in [1.165, 1.54) is 20.0 Å². The molecule has 0 aliphatic carbocycles. The van der Waals surface area contributed by atoms with Gasteiger partial charge in [0, 0.05) is 0 Å². The fourth-order valence-electron chi connectivity index (χ4n) is 2.06. The van der Waals surface area contributed by atoms with Crippen LogP contribution in [0.2, 0.25) is 0 Å². The zero-order valence-electron chi connectivity index (χ0n) is 10.5. The summed E-state index contributed by atoms with van der Waals surface area (Å²) in [6, 6.07) is 0. The lowest BCUT2D eigenvalue weighted by Crippen LogP contribution is -2.33. The fourth-order valence-corrected chi connectivity index (χ4v) is 4.90. The van der Waals surface area contributed by atoms with Gasteiger partial charge in [0.1, 0.15) is 0 Å². The van der Waals surface area contributed by atoms with Gasteiger partial charge in [-0.05, 0) is 0 Å². The maximum absolute atomic E-state index is 10.8. The van der Waals surface area contributed by atoms with Gasteiger partial charge in [-0.2, -0.15) is 0 Å². The van der Waals surface area contributed by atoms with Gasteiger partial charge in [-0.1, -0.05) is 21.6 Å². The summed E-state index contributed by atoms with van der Waals surface area (Å²) < 4.78 is 0. The van der Waals surface area contributed by atoms with E-state index in [9.17, 15) is 19.2 Å². The fraction of sp³-hybridized carbons (Fsp3) is 0.600. The van der Waals surface area contributed by atoms with Gasteiger partial charge >= 0.3 is 0 Å². The molecule has 0 N–H and O–H groups in total. The van der Waals surface area contributed by atoms with E-state index in [1.54, 1.807) is 21.6 Å². The van der Waals surface area contributed by atoms with Gasteiger partial charge in [0.05, 0.1) is 36.7 Å². The van der Waals surface area contributed by atoms with E-state index in [4.69, 9.17) is 0 Å². The molecule has 0 atom stereocenters. The smallest absolute Gasteiger partial charge is 0.228 e. The zero-order chi connectivity index (χ0) is 14.5. The van der Waals surface area contributed by atoms with Crippen molar-refractivity contribution in [1.29, 1.82) is 0 Å². The Morgan fingerprint density at radius 2 is 0.850 bits per heavy atom. The lowest BCUT2D eigenvalue weighted by atomic mass is 10.4. The highest BCUT2D eigenvalue weighted by Crippen LogP contribution is 2.36. The zero-order valence-corrected chi connectivity index (χ0v) is 12.2. The molecule has 4 amide bonds. The third-order valence-electron chi connectivity index (χ3n) is 3.04. The van der Waals surface area contributed by atoms with Crippen molar-refractivity contribution in [3.05, 3.63) is 0 Å². The van der Waals surface area contributed by atoms with E-state index >= 15 is 0 Å². The SMILES string of the molecule is O=CN1CC(SSC2CN(C=O)N(C=O)C2)CN1C=O. The van der Waals surface area contributed by atoms with E-state index in [2.05, 4.69) is 0 Å². The summed E-state index contributed by atoms with van der Waals surface area (Å²) in [6.07, 6.45) is 2.55. The Labute approximate surface area is 123 Å². The van der Waals surface area contributed by atoms with E-state index < -0.39 is 0 Å². The maximum atomic E-state index is 10.8. The second-order valence-corrected chi connectivity index (χ2v) is 7.22. The highest BCUT2D eigenvalue weighted by molar-refractivity contribution is 8.77. The molecule has 2 aliphatic rings. The molecule has 2 aliphatic heterocycles. The Hall–Kier alpha value is -1.42. The van der Waals surface area contributed by atoms with E-state index in [0.29, 0.717) is 51.8 Å². The van der Waals surface area contributed by atoms with Crippen molar-refractivity contribution in [2.45, 2.75) is 10.5 Å². The topological polar surface area (TPSA) is 81.2 Å². The quantitative estimate of drug-likeness (QED) is 0.433. The Kier molecular flexibility index (Phi) is 5.12. The van der Waals surface area contributed by atoms with Gasteiger partial charge in [0.2, 0.25) is 25.6 Å². The summed E-state index contributed by atoms with van der Waals surface area (Å²) in [6.45, 7) is 1.95. The third-order valence-corrected chi connectivity index (χ3v) is 6.26. The predicted octanol–water partition coefficient (Wildman–Crippen LogP) is -1.20. The van der Waals surface area contributed by atoms with Crippen molar-refractivity contribution < 1.29 is 19.2 Å². The Morgan fingerprint density at radius 1 is 0.600 bits per heavy atom. The van der Waals surface area contributed by atoms with Crippen LogP contribution in [0.3, 0.4) is 0 Å². The molecule has 0 unspecified atom stereocenters. The summed E-state index contributed by atoms with van der Waals surface area (Å²) in [5.74, 6) is 0. The number of amides is 4. The number of carbonyl (C=O) groups is 4. The monoisotopic (exact) mass is 318 g/mol. The van der Waals surface area contributed by atoms with Gasteiger partial charge < -0.3 is 0 Å². The predicted molar refractivity (Wildman–Crippen MR) is 73.8 cm³/mol. The van der Waals surface area contributed by atoms with Crippen molar-refractivity contribution >= 4 is 47.2 Å². The summed E-state index contributed by atoms with van der Waals surface area (Å²) in [4.78, 5) is 43.1. The largest absolute Gasteiger partial charge is 0.277 e. The van der Waals surface area contributed by atoms with Gasteiger partial charge in [0.25, 0.3) is 0 Å². The first-order valence-electron chi connectivity index (χ1n) is 5.91. The van der Waals surface area contributed by atoms with Crippen LogP contribution in [-0.4, -0.2) is 82.4 Å². The minimum Gasteiger partial charge on any atom is -0.277 e. The molecule has 0 aromatic rings. The van der Waals surface area contributed by atoms with Gasteiger partial charge in [0.15, 0.2) is 0 Å². The van der Waals surface area contributed by atoms with E-state index in [-0.39, 0.29) is 10.5 Å². The molecule has 0 saturated carbocycles. The number of rotatable bonds is 7. The molecule has 0 aromatic heterocycles. The van der Waals surface area contributed by atoms with Gasteiger partial charge in [-0.15, -0.1) is 0 Å². The molecule has 0 bridgehead atoms. The number of hydrazine groups is 2. The van der Waals surface area contributed by atoms with Crippen molar-refractivity contribution in [2.75, 3.05) is 26.2 Å². The lowest BCUT2D eigenvalue weighted by molar-refractivity contribution is -0.141. The number of carbonyl (C=O) groups excluding carboxylic acids is 4. The summed E-state index contributed by atoms with van der Waals surface area (Å²) in [7, 11) is 3.15.